The van der Waals surface area contributed by atoms with Crippen LogP contribution in [0.1, 0.15) is 27.5 Å². The average Bonchev–Trinajstić information content (AvgIpc) is 2.76. The minimum absolute atomic E-state index is 0.101. The molecule has 0 aliphatic rings. The van der Waals surface area contributed by atoms with E-state index in [1.54, 1.807) is 42.5 Å². The van der Waals surface area contributed by atoms with E-state index < -0.39 is 0 Å². The summed E-state index contributed by atoms with van der Waals surface area (Å²) in [5, 5.41) is 5.75. The molecule has 154 valence electrons. The molecule has 0 saturated heterocycles. The van der Waals surface area contributed by atoms with Crippen molar-refractivity contribution in [2.75, 3.05) is 11.9 Å². The Morgan fingerprint density at radius 1 is 0.933 bits per heavy atom. The first-order valence-electron chi connectivity index (χ1n) is 9.22. The number of hydrogen-bond acceptors (Lipinski definition) is 3. The van der Waals surface area contributed by atoms with Gasteiger partial charge in [0.25, 0.3) is 11.8 Å². The second-order valence-corrected chi connectivity index (χ2v) is 7.46. The fraction of sp³-hybridized carbons (Fsp3) is 0.0909. The van der Waals surface area contributed by atoms with Gasteiger partial charge >= 0.3 is 0 Å². The van der Waals surface area contributed by atoms with Gasteiger partial charge in [-0.3, -0.25) is 15.0 Å². The Kier molecular flexibility index (Phi) is 7.43. The van der Waals surface area contributed by atoms with Crippen molar-refractivity contribution in [3.05, 3.63) is 99.5 Å². The maximum absolute atomic E-state index is 12.8. The summed E-state index contributed by atoms with van der Waals surface area (Å²) in [4.78, 5) is 24.5. The van der Waals surface area contributed by atoms with Gasteiger partial charge in [0.05, 0.1) is 5.69 Å². The van der Waals surface area contributed by atoms with Crippen molar-refractivity contribution in [3.8, 4) is 0 Å². The minimum Gasteiger partial charge on any atom is -0.328 e. The lowest BCUT2D eigenvalue weighted by Crippen LogP contribution is -2.88. The first kappa shape index (κ1) is 21.8. The van der Waals surface area contributed by atoms with Crippen molar-refractivity contribution >= 4 is 40.7 Å². The van der Waals surface area contributed by atoms with Crippen LogP contribution in [0.2, 0.25) is 10.0 Å². The molecule has 0 unspecified atom stereocenters. The SMILES string of the molecule is NNC(=O)C[NH2+][C@H](c1ccccc1)c1cc(Cl)ccc1NC(=O)c1cccc(Cl)c1. The van der Waals surface area contributed by atoms with E-state index in [0.717, 1.165) is 11.1 Å². The van der Waals surface area contributed by atoms with Crippen molar-refractivity contribution in [2.24, 2.45) is 5.84 Å². The molecule has 6 nitrogen and oxygen atoms in total. The third kappa shape index (κ3) is 5.58. The van der Waals surface area contributed by atoms with Crippen LogP contribution < -0.4 is 21.9 Å². The smallest absolute Gasteiger partial charge is 0.288 e. The van der Waals surface area contributed by atoms with E-state index in [4.69, 9.17) is 29.0 Å². The summed E-state index contributed by atoms with van der Waals surface area (Å²) in [5.41, 5.74) is 4.86. The van der Waals surface area contributed by atoms with Crippen molar-refractivity contribution < 1.29 is 14.9 Å². The van der Waals surface area contributed by atoms with E-state index in [9.17, 15) is 9.59 Å². The highest BCUT2D eigenvalue weighted by molar-refractivity contribution is 6.31. The molecule has 0 saturated carbocycles. The second kappa shape index (κ2) is 10.2. The fourth-order valence-corrected chi connectivity index (χ4v) is 3.49. The van der Waals surface area contributed by atoms with E-state index in [1.807, 2.05) is 35.6 Å². The normalized spacial score (nSPS) is 11.6. The topological polar surface area (TPSA) is 101 Å². The summed E-state index contributed by atoms with van der Waals surface area (Å²) in [6.07, 6.45) is 0. The Morgan fingerprint density at radius 3 is 2.37 bits per heavy atom. The van der Waals surface area contributed by atoms with E-state index in [2.05, 4.69) is 10.7 Å². The van der Waals surface area contributed by atoms with Crippen LogP contribution >= 0.6 is 23.2 Å². The van der Waals surface area contributed by atoms with Gasteiger partial charge < -0.3 is 10.6 Å². The highest BCUT2D eigenvalue weighted by atomic mass is 35.5. The molecule has 3 aromatic carbocycles. The third-order valence-corrected chi connectivity index (χ3v) is 5.01. The van der Waals surface area contributed by atoms with Gasteiger partial charge in [-0.2, -0.15) is 0 Å². The van der Waals surface area contributed by atoms with Crippen molar-refractivity contribution in [3.63, 3.8) is 0 Å². The molecule has 30 heavy (non-hydrogen) atoms. The molecule has 2 amide bonds. The van der Waals surface area contributed by atoms with Crippen LogP contribution in [0.3, 0.4) is 0 Å². The number of nitrogens with one attached hydrogen (secondary N) is 2. The maximum atomic E-state index is 12.8. The Labute approximate surface area is 184 Å². The van der Waals surface area contributed by atoms with E-state index in [0.29, 0.717) is 21.3 Å². The summed E-state index contributed by atoms with van der Waals surface area (Å²) in [6.45, 7) is 0.101. The molecule has 1 atom stereocenters. The molecule has 0 aliphatic heterocycles. The zero-order valence-corrected chi connectivity index (χ0v) is 17.5. The monoisotopic (exact) mass is 443 g/mol. The lowest BCUT2D eigenvalue weighted by atomic mass is 9.96. The first-order valence-corrected chi connectivity index (χ1v) is 9.97. The molecule has 0 heterocycles. The number of hydrogen-bond donors (Lipinski definition) is 4. The lowest BCUT2D eigenvalue weighted by Gasteiger charge is -2.20. The number of halogens is 2. The summed E-state index contributed by atoms with van der Waals surface area (Å²) >= 11 is 12.3. The summed E-state index contributed by atoms with van der Waals surface area (Å²) in [6, 6.07) is 21.3. The number of carbonyl (C=O) groups excluding carboxylic acids is 2. The molecule has 3 aromatic rings. The second-order valence-electron chi connectivity index (χ2n) is 6.59. The molecular weight excluding hydrogens is 423 g/mol. The van der Waals surface area contributed by atoms with E-state index in [-0.39, 0.29) is 24.4 Å². The van der Waals surface area contributed by atoms with E-state index >= 15 is 0 Å². The van der Waals surface area contributed by atoms with Crippen LogP contribution in [0.25, 0.3) is 0 Å². The van der Waals surface area contributed by atoms with Crippen LogP contribution in [-0.2, 0) is 4.79 Å². The molecule has 6 N–H and O–H groups in total. The predicted molar refractivity (Wildman–Crippen MR) is 118 cm³/mol. The van der Waals surface area contributed by atoms with Crippen molar-refractivity contribution in [2.45, 2.75) is 6.04 Å². The fourth-order valence-electron chi connectivity index (χ4n) is 3.12. The number of benzene rings is 3. The maximum Gasteiger partial charge on any atom is 0.288 e. The van der Waals surface area contributed by atoms with Gasteiger partial charge in [-0.25, -0.2) is 5.84 Å². The van der Waals surface area contributed by atoms with Gasteiger partial charge in [-0.05, 0) is 36.4 Å². The molecule has 0 bridgehead atoms. The van der Waals surface area contributed by atoms with Gasteiger partial charge in [0.15, 0.2) is 6.54 Å². The Bertz CT molecular complexity index is 1040. The Balaban J connectivity index is 1.97. The van der Waals surface area contributed by atoms with Crippen LogP contribution in [0.4, 0.5) is 5.69 Å². The van der Waals surface area contributed by atoms with Crippen LogP contribution in [-0.4, -0.2) is 18.4 Å². The van der Waals surface area contributed by atoms with Gasteiger partial charge in [-0.1, -0.05) is 59.6 Å². The molecule has 0 aromatic heterocycles. The Hall–Kier alpha value is -2.90. The highest BCUT2D eigenvalue weighted by Crippen LogP contribution is 2.29. The zero-order chi connectivity index (χ0) is 21.5. The number of hydrazine groups is 1. The Morgan fingerprint density at radius 2 is 1.67 bits per heavy atom. The highest BCUT2D eigenvalue weighted by Gasteiger charge is 2.23. The number of anilines is 1. The first-order chi connectivity index (χ1) is 14.5. The number of carbonyl (C=O) groups is 2. The number of quaternary nitrogens is 1. The van der Waals surface area contributed by atoms with Crippen LogP contribution in [0.15, 0.2) is 72.8 Å². The predicted octanol–water partition coefficient (Wildman–Crippen LogP) is 2.89. The molecule has 0 spiro atoms. The largest absolute Gasteiger partial charge is 0.328 e. The lowest BCUT2D eigenvalue weighted by molar-refractivity contribution is -0.676. The standard InChI is InChI=1S/C22H20Cl2N4O2/c23-16-8-4-7-15(11-16)22(30)27-19-10-9-17(24)12-18(19)21(26-13-20(29)28-25)14-5-2-1-3-6-14/h1-12,21,26H,13,25H2,(H,27,30)(H,28,29)/p+1/t21-/m1/s1. The van der Waals surface area contributed by atoms with Gasteiger partial charge in [0, 0.05) is 26.7 Å². The molecule has 3 rings (SSSR count). The van der Waals surface area contributed by atoms with Crippen LogP contribution in [0, 0.1) is 0 Å². The number of nitrogens with two attached hydrogens (primary N) is 2. The summed E-state index contributed by atoms with van der Waals surface area (Å²) in [5.74, 6) is 4.61. The van der Waals surface area contributed by atoms with Gasteiger partial charge in [0.2, 0.25) is 0 Å². The average molecular weight is 444 g/mol. The zero-order valence-electron chi connectivity index (χ0n) is 15.9. The quantitative estimate of drug-likeness (QED) is 0.256. The number of rotatable bonds is 7. The molecule has 8 heteroatoms. The summed E-state index contributed by atoms with van der Waals surface area (Å²) in [7, 11) is 0. The van der Waals surface area contributed by atoms with Crippen molar-refractivity contribution in [1.82, 2.24) is 5.43 Å². The van der Waals surface area contributed by atoms with Gasteiger partial charge in [0.1, 0.15) is 6.04 Å². The number of amides is 2. The minimum atomic E-state index is -0.317. The third-order valence-electron chi connectivity index (χ3n) is 4.54. The molecule has 0 radical (unpaired) electrons. The van der Waals surface area contributed by atoms with E-state index in [1.165, 1.54) is 0 Å². The molecule has 0 fully saturated rings. The van der Waals surface area contributed by atoms with Crippen LogP contribution in [0.5, 0.6) is 0 Å². The summed E-state index contributed by atoms with van der Waals surface area (Å²) < 4.78 is 0. The molecular formula is C22H21Cl2N4O2+. The molecule has 0 aliphatic carbocycles. The van der Waals surface area contributed by atoms with Crippen molar-refractivity contribution in [1.29, 1.82) is 0 Å². The van der Waals surface area contributed by atoms with Gasteiger partial charge in [-0.15, -0.1) is 0 Å².